The van der Waals surface area contributed by atoms with Crippen LogP contribution in [0.4, 0.5) is 4.39 Å². The van der Waals surface area contributed by atoms with Gasteiger partial charge in [0.1, 0.15) is 10.8 Å². The highest BCUT2D eigenvalue weighted by Gasteiger charge is 2.17. The number of nitrogens with zero attached hydrogens (tertiary/aromatic N) is 6. The van der Waals surface area contributed by atoms with E-state index in [9.17, 15) is 9.18 Å². The third kappa shape index (κ3) is 3.87. The molecule has 0 N–H and O–H groups in total. The number of aryl methyl sites for hydroxylation is 1. The van der Waals surface area contributed by atoms with Crippen LogP contribution in [0.2, 0.25) is 0 Å². The fourth-order valence-corrected chi connectivity index (χ4v) is 4.73. The van der Waals surface area contributed by atoms with E-state index in [0.717, 1.165) is 16.3 Å². The molecular weight excluding hydrogens is 435 g/mol. The molecule has 31 heavy (non-hydrogen) atoms. The minimum Gasteiger partial charge on any atom is -0.270 e. The molecule has 0 spiro atoms. The van der Waals surface area contributed by atoms with Crippen molar-refractivity contribution in [2.45, 2.75) is 17.8 Å². The fraction of sp³-hybridized carbons (Fsp3) is 0.0952. The Balaban J connectivity index is 1.52. The van der Waals surface area contributed by atoms with E-state index in [1.54, 1.807) is 12.1 Å². The zero-order chi connectivity index (χ0) is 21.4. The van der Waals surface area contributed by atoms with Crippen molar-refractivity contribution in [3.05, 3.63) is 87.5 Å². The van der Waals surface area contributed by atoms with Gasteiger partial charge in [0.2, 0.25) is 4.96 Å². The van der Waals surface area contributed by atoms with Gasteiger partial charge in [-0.15, -0.1) is 10.2 Å². The Kier molecular flexibility index (Phi) is 5.08. The number of hydrogen-bond acceptors (Lipinski definition) is 7. The molecule has 5 aromatic rings. The van der Waals surface area contributed by atoms with Gasteiger partial charge >= 0.3 is 0 Å². The minimum atomic E-state index is -0.310. The van der Waals surface area contributed by atoms with Crippen LogP contribution in [0.5, 0.6) is 0 Å². The highest BCUT2D eigenvalue weighted by Crippen LogP contribution is 2.29. The maximum Gasteiger partial charge on any atom is 0.275 e. The van der Waals surface area contributed by atoms with E-state index in [2.05, 4.69) is 20.3 Å². The van der Waals surface area contributed by atoms with Gasteiger partial charge in [-0.2, -0.15) is 9.61 Å². The quantitative estimate of drug-likeness (QED) is 0.375. The maximum absolute atomic E-state index is 13.4. The second-order valence-electron chi connectivity index (χ2n) is 6.67. The third-order valence-electron chi connectivity index (χ3n) is 4.50. The second kappa shape index (κ2) is 8.05. The molecule has 0 bridgehead atoms. The second-order valence-corrected chi connectivity index (χ2v) is 8.78. The SMILES string of the molecule is Cc1nn2c(=O)cc(CSc3nnc(-c4ccc(F)cc4)n3-c3ccccc3)nc2s1. The Morgan fingerprint density at radius 3 is 2.61 bits per heavy atom. The number of fused-ring (bicyclic) bond motifs is 1. The summed E-state index contributed by atoms with van der Waals surface area (Å²) < 4.78 is 16.6. The molecule has 0 unspecified atom stereocenters. The molecule has 10 heteroatoms. The summed E-state index contributed by atoms with van der Waals surface area (Å²) in [5, 5.41) is 14.3. The molecule has 3 heterocycles. The number of benzene rings is 2. The number of aromatic nitrogens is 6. The summed E-state index contributed by atoms with van der Waals surface area (Å²) in [7, 11) is 0. The van der Waals surface area contributed by atoms with E-state index < -0.39 is 0 Å². The zero-order valence-electron chi connectivity index (χ0n) is 16.3. The lowest BCUT2D eigenvalue weighted by Gasteiger charge is -2.10. The smallest absolute Gasteiger partial charge is 0.270 e. The van der Waals surface area contributed by atoms with E-state index in [1.807, 2.05) is 41.8 Å². The largest absolute Gasteiger partial charge is 0.275 e. The van der Waals surface area contributed by atoms with E-state index in [0.29, 0.717) is 27.4 Å². The molecule has 0 fully saturated rings. The van der Waals surface area contributed by atoms with Gasteiger partial charge < -0.3 is 0 Å². The summed E-state index contributed by atoms with van der Waals surface area (Å²) in [6.45, 7) is 1.84. The van der Waals surface area contributed by atoms with Crippen LogP contribution in [0.1, 0.15) is 10.7 Å². The van der Waals surface area contributed by atoms with Crippen molar-refractivity contribution in [1.82, 2.24) is 29.4 Å². The predicted octanol–water partition coefficient (Wildman–Crippen LogP) is 4.14. The summed E-state index contributed by atoms with van der Waals surface area (Å²) in [6, 6.07) is 17.3. The van der Waals surface area contributed by atoms with Crippen molar-refractivity contribution in [3.63, 3.8) is 0 Å². The molecule has 7 nitrogen and oxygen atoms in total. The van der Waals surface area contributed by atoms with E-state index in [4.69, 9.17) is 0 Å². The highest BCUT2D eigenvalue weighted by atomic mass is 32.2. The third-order valence-corrected chi connectivity index (χ3v) is 6.28. The number of rotatable bonds is 5. The molecule has 0 aliphatic heterocycles. The van der Waals surface area contributed by atoms with Crippen LogP contribution >= 0.6 is 23.1 Å². The van der Waals surface area contributed by atoms with Gasteiger partial charge in [0.05, 0.1) is 5.69 Å². The van der Waals surface area contributed by atoms with Crippen LogP contribution in [0.3, 0.4) is 0 Å². The Morgan fingerprint density at radius 2 is 1.84 bits per heavy atom. The lowest BCUT2D eigenvalue weighted by atomic mass is 10.2. The Bertz CT molecular complexity index is 1430. The first-order chi connectivity index (χ1) is 15.1. The van der Waals surface area contributed by atoms with Crippen molar-refractivity contribution in [2.75, 3.05) is 0 Å². The Labute approximate surface area is 184 Å². The van der Waals surface area contributed by atoms with Gasteiger partial charge in [-0.05, 0) is 43.3 Å². The molecule has 0 saturated carbocycles. The summed E-state index contributed by atoms with van der Waals surface area (Å²) in [4.78, 5) is 17.4. The summed E-state index contributed by atoms with van der Waals surface area (Å²) in [5.41, 5.74) is 2.07. The molecule has 2 aromatic carbocycles. The molecule has 3 aromatic heterocycles. The van der Waals surface area contributed by atoms with Gasteiger partial charge in [0.15, 0.2) is 11.0 Å². The van der Waals surface area contributed by atoms with Crippen molar-refractivity contribution in [1.29, 1.82) is 0 Å². The molecule has 0 saturated heterocycles. The van der Waals surface area contributed by atoms with Gasteiger partial charge in [0.25, 0.3) is 5.56 Å². The first-order valence-electron chi connectivity index (χ1n) is 9.34. The summed E-state index contributed by atoms with van der Waals surface area (Å²) in [6.07, 6.45) is 0. The molecular formula is C21H15FN6OS2. The molecule has 0 aliphatic rings. The summed E-state index contributed by atoms with van der Waals surface area (Å²) >= 11 is 2.80. The highest BCUT2D eigenvalue weighted by molar-refractivity contribution is 7.98. The van der Waals surface area contributed by atoms with Crippen LogP contribution in [0.25, 0.3) is 22.0 Å². The molecule has 0 atom stereocenters. The Hall–Kier alpha value is -3.37. The number of hydrogen-bond donors (Lipinski definition) is 0. The first-order valence-corrected chi connectivity index (χ1v) is 11.1. The molecule has 5 rings (SSSR count). The normalized spacial score (nSPS) is 11.3. The van der Waals surface area contributed by atoms with Gasteiger partial charge in [-0.1, -0.05) is 41.3 Å². The van der Waals surface area contributed by atoms with Gasteiger partial charge in [0, 0.05) is 23.1 Å². The number of para-hydroxylation sites is 1. The fourth-order valence-electron chi connectivity index (χ4n) is 3.12. The van der Waals surface area contributed by atoms with Crippen LogP contribution in [0.15, 0.2) is 70.6 Å². The first kappa shape index (κ1) is 19.6. The Morgan fingerprint density at radius 1 is 1.06 bits per heavy atom. The minimum absolute atomic E-state index is 0.207. The van der Waals surface area contributed by atoms with Crippen molar-refractivity contribution < 1.29 is 4.39 Å². The standard InChI is InChI=1S/C21H15FN6OS2/c1-13-26-28-18(29)11-16(23-20(28)31-13)12-30-21-25-24-19(14-7-9-15(22)10-8-14)27(21)17-5-3-2-4-6-17/h2-11H,12H2,1H3. The zero-order valence-corrected chi connectivity index (χ0v) is 17.9. The van der Waals surface area contributed by atoms with Crippen LogP contribution < -0.4 is 5.56 Å². The van der Waals surface area contributed by atoms with Gasteiger partial charge in [-0.25, -0.2) is 9.37 Å². The molecule has 0 aliphatic carbocycles. The van der Waals surface area contributed by atoms with Gasteiger partial charge in [-0.3, -0.25) is 9.36 Å². The van der Waals surface area contributed by atoms with Crippen molar-refractivity contribution >= 4 is 28.1 Å². The van der Waals surface area contributed by atoms with E-state index in [1.165, 1.54) is 45.8 Å². The van der Waals surface area contributed by atoms with E-state index >= 15 is 0 Å². The average molecular weight is 451 g/mol. The summed E-state index contributed by atoms with van der Waals surface area (Å²) in [5.74, 6) is 0.738. The topological polar surface area (TPSA) is 78.0 Å². The number of halogens is 1. The lowest BCUT2D eigenvalue weighted by molar-refractivity contribution is 0.628. The monoisotopic (exact) mass is 450 g/mol. The molecule has 0 amide bonds. The average Bonchev–Trinajstić information content (AvgIpc) is 3.37. The molecule has 0 radical (unpaired) electrons. The molecule has 154 valence electrons. The van der Waals surface area contributed by atoms with E-state index in [-0.39, 0.29) is 11.4 Å². The maximum atomic E-state index is 13.4. The van der Waals surface area contributed by atoms with Crippen LogP contribution in [0, 0.1) is 12.7 Å². The van der Waals surface area contributed by atoms with Crippen molar-refractivity contribution in [2.24, 2.45) is 0 Å². The van der Waals surface area contributed by atoms with Crippen molar-refractivity contribution in [3.8, 4) is 17.1 Å². The predicted molar refractivity (Wildman–Crippen MR) is 118 cm³/mol. The van der Waals surface area contributed by atoms with Crippen LogP contribution in [-0.4, -0.2) is 29.4 Å². The lowest BCUT2D eigenvalue weighted by Crippen LogP contribution is -2.15. The number of thioether (sulfide) groups is 1. The van der Waals surface area contributed by atoms with Crippen LogP contribution in [-0.2, 0) is 5.75 Å².